The predicted octanol–water partition coefficient (Wildman–Crippen LogP) is -0.883. The molecule has 0 bridgehead atoms. The predicted molar refractivity (Wildman–Crippen MR) is 51.9 cm³/mol. The lowest BCUT2D eigenvalue weighted by atomic mass is 10.2. The standard InChI is InChI=1S/C5H15NO7P2/c6-5(14(8,9)10,15(11,12)13)3-1-2-4-7/h7H,1-4,6H2,(H2,8,9,10)(H2,11,12,13). The lowest BCUT2D eigenvalue weighted by Crippen LogP contribution is -2.39. The minimum atomic E-state index is -5.12. The van der Waals surface area contributed by atoms with Crippen molar-refractivity contribution < 1.29 is 33.8 Å². The first-order chi connectivity index (χ1) is 6.56. The van der Waals surface area contributed by atoms with Gasteiger partial charge in [0.05, 0.1) is 0 Å². The molecule has 0 aromatic heterocycles. The number of unbranched alkanes of at least 4 members (excludes halogenated alkanes) is 1. The van der Waals surface area contributed by atoms with Gasteiger partial charge in [-0.3, -0.25) is 9.13 Å². The summed E-state index contributed by atoms with van der Waals surface area (Å²) in [7, 11) is -10.2. The van der Waals surface area contributed by atoms with Gasteiger partial charge in [0.2, 0.25) is 5.02 Å². The highest BCUT2D eigenvalue weighted by Gasteiger charge is 2.56. The van der Waals surface area contributed by atoms with Crippen molar-refractivity contribution in [2.24, 2.45) is 5.73 Å². The third-order valence-electron chi connectivity index (χ3n) is 1.96. The highest BCUT2D eigenvalue weighted by molar-refractivity contribution is 7.72. The van der Waals surface area contributed by atoms with Crippen LogP contribution in [0.2, 0.25) is 0 Å². The maximum Gasteiger partial charge on any atom is 0.357 e. The summed E-state index contributed by atoms with van der Waals surface area (Å²) in [6.07, 6.45) is -0.371. The van der Waals surface area contributed by atoms with E-state index in [1.807, 2.05) is 0 Å². The Morgan fingerprint density at radius 2 is 1.40 bits per heavy atom. The van der Waals surface area contributed by atoms with Crippen molar-refractivity contribution in [3.05, 3.63) is 0 Å². The lowest BCUT2D eigenvalue weighted by Gasteiger charge is -2.30. The molecule has 0 aliphatic carbocycles. The fraction of sp³-hybridized carbons (Fsp3) is 1.00. The molecule has 7 N–H and O–H groups in total. The van der Waals surface area contributed by atoms with E-state index in [0.717, 1.165) is 0 Å². The van der Waals surface area contributed by atoms with E-state index in [1.54, 1.807) is 0 Å². The highest BCUT2D eigenvalue weighted by atomic mass is 31.2. The molecule has 0 saturated heterocycles. The molecule has 0 rings (SSSR count). The van der Waals surface area contributed by atoms with Crippen LogP contribution in [-0.2, 0) is 9.13 Å². The average Bonchev–Trinajstić information content (AvgIpc) is 2.00. The first-order valence-corrected chi connectivity index (χ1v) is 7.30. The second-order valence-electron chi connectivity index (χ2n) is 3.15. The van der Waals surface area contributed by atoms with Gasteiger partial charge in [-0.05, 0) is 19.3 Å². The van der Waals surface area contributed by atoms with Crippen molar-refractivity contribution in [3.8, 4) is 0 Å². The van der Waals surface area contributed by atoms with Crippen LogP contribution in [0.25, 0.3) is 0 Å². The quantitative estimate of drug-likeness (QED) is 0.266. The van der Waals surface area contributed by atoms with Gasteiger partial charge in [0.15, 0.2) is 0 Å². The second-order valence-corrected chi connectivity index (χ2v) is 7.27. The highest BCUT2D eigenvalue weighted by Crippen LogP contribution is 2.67. The molecule has 0 aliphatic heterocycles. The molecule has 0 aromatic carbocycles. The first-order valence-electron chi connectivity index (χ1n) is 4.07. The van der Waals surface area contributed by atoms with Crippen LogP contribution in [0.3, 0.4) is 0 Å². The molecule has 0 fully saturated rings. The van der Waals surface area contributed by atoms with Crippen LogP contribution in [0, 0.1) is 0 Å². The number of nitrogens with two attached hydrogens (primary N) is 1. The van der Waals surface area contributed by atoms with Gasteiger partial charge in [0, 0.05) is 6.61 Å². The van der Waals surface area contributed by atoms with Crippen LogP contribution in [0.1, 0.15) is 19.3 Å². The third kappa shape index (κ3) is 3.62. The Labute approximate surface area is 86.4 Å². The summed E-state index contributed by atoms with van der Waals surface area (Å²) in [4.78, 5) is 35.2. The van der Waals surface area contributed by atoms with Crippen LogP contribution >= 0.6 is 15.2 Å². The molecule has 0 spiro atoms. The van der Waals surface area contributed by atoms with E-state index < -0.39 is 26.6 Å². The number of hydrogen-bond acceptors (Lipinski definition) is 4. The van der Waals surface area contributed by atoms with E-state index in [0.29, 0.717) is 0 Å². The largest absolute Gasteiger partial charge is 0.396 e. The Morgan fingerprint density at radius 3 is 1.67 bits per heavy atom. The zero-order valence-electron chi connectivity index (χ0n) is 7.85. The summed E-state index contributed by atoms with van der Waals surface area (Å²) in [5.41, 5.74) is 5.09. The van der Waals surface area contributed by atoms with Crippen LogP contribution < -0.4 is 5.73 Å². The van der Waals surface area contributed by atoms with E-state index in [9.17, 15) is 9.13 Å². The molecule has 0 aromatic rings. The van der Waals surface area contributed by atoms with Gasteiger partial charge >= 0.3 is 15.2 Å². The molecule has 15 heavy (non-hydrogen) atoms. The monoisotopic (exact) mass is 263 g/mol. The molecule has 10 heteroatoms. The third-order valence-corrected chi connectivity index (χ3v) is 5.99. The Hall–Kier alpha value is 0.220. The first kappa shape index (κ1) is 15.2. The minimum absolute atomic E-state index is 0.0171. The summed E-state index contributed by atoms with van der Waals surface area (Å²) in [6.45, 7) is -0.238. The molecule has 92 valence electrons. The fourth-order valence-electron chi connectivity index (χ4n) is 0.958. The van der Waals surface area contributed by atoms with E-state index >= 15 is 0 Å². The number of rotatable bonds is 6. The zero-order chi connectivity index (χ0) is 12.3. The zero-order valence-corrected chi connectivity index (χ0v) is 9.64. The summed E-state index contributed by atoms with van der Waals surface area (Å²) in [5, 5.41) is 5.59. The lowest BCUT2D eigenvalue weighted by molar-refractivity contribution is 0.270. The number of aliphatic hydroxyl groups is 1. The molecule has 8 nitrogen and oxygen atoms in total. The SMILES string of the molecule is NC(CCCCO)(P(=O)(O)O)P(=O)(O)O. The maximum atomic E-state index is 10.9. The van der Waals surface area contributed by atoms with Gasteiger partial charge < -0.3 is 30.4 Å². The second kappa shape index (κ2) is 5.03. The molecule has 0 aliphatic rings. The van der Waals surface area contributed by atoms with Crippen molar-refractivity contribution >= 4 is 15.2 Å². The molecule has 0 amide bonds. The van der Waals surface area contributed by atoms with Crippen LogP contribution in [0.4, 0.5) is 0 Å². The van der Waals surface area contributed by atoms with Crippen LogP contribution in [-0.4, -0.2) is 36.3 Å². The topological polar surface area (TPSA) is 161 Å². The Kier molecular flexibility index (Phi) is 5.11. The van der Waals surface area contributed by atoms with Crippen molar-refractivity contribution in [1.82, 2.24) is 0 Å². The minimum Gasteiger partial charge on any atom is -0.396 e. The van der Waals surface area contributed by atoms with Gasteiger partial charge in [-0.1, -0.05) is 0 Å². The van der Waals surface area contributed by atoms with Crippen molar-refractivity contribution in [3.63, 3.8) is 0 Å². The molecule has 0 radical (unpaired) electrons. The van der Waals surface area contributed by atoms with Gasteiger partial charge in [-0.15, -0.1) is 0 Å². The molecular formula is C5H15NO7P2. The normalized spacial score (nSPS) is 14.3. The summed E-state index contributed by atoms with van der Waals surface area (Å²) < 4.78 is 21.8. The van der Waals surface area contributed by atoms with E-state index in [2.05, 4.69) is 0 Å². The molecule has 0 unspecified atom stereocenters. The van der Waals surface area contributed by atoms with Crippen LogP contribution in [0.15, 0.2) is 0 Å². The molecule has 0 saturated carbocycles. The number of aliphatic hydroxyl groups excluding tert-OH is 1. The van der Waals surface area contributed by atoms with Gasteiger partial charge in [-0.2, -0.15) is 0 Å². The van der Waals surface area contributed by atoms with E-state index in [1.165, 1.54) is 0 Å². The fourth-order valence-corrected chi connectivity index (χ4v) is 3.21. The Morgan fingerprint density at radius 1 is 1.00 bits per heavy atom. The van der Waals surface area contributed by atoms with Crippen LogP contribution in [0.5, 0.6) is 0 Å². The van der Waals surface area contributed by atoms with Gasteiger partial charge in [0.1, 0.15) is 0 Å². The van der Waals surface area contributed by atoms with E-state index in [4.69, 9.17) is 30.4 Å². The Bertz CT molecular complexity index is 272. The summed E-state index contributed by atoms with van der Waals surface area (Å²) >= 11 is 0. The smallest absolute Gasteiger partial charge is 0.357 e. The van der Waals surface area contributed by atoms with E-state index in [-0.39, 0.29) is 19.4 Å². The maximum absolute atomic E-state index is 10.9. The van der Waals surface area contributed by atoms with Crippen molar-refractivity contribution in [2.75, 3.05) is 6.61 Å². The van der Waals surface area contributed by atoms with Crippen molar-refractivity contribution in [1.29, 1.82) is 0 Å². The average molecular weight is 263 g/mol. The summed E-state index contributed by atoms with van der Waals surface area (Å²) in [5.74, 6) is 0. The molecular weight excluding hydrogens is 248 g/mol. The van der Waals surface area contributed by atoms with Gasteiger partial charge in [0.25, 0.3) is 0 Å². The van der Waals surface area contributed by atoms with Gasteiger partial charge in [-0.25, -0.2) is 0 Å². The Balaban J connectivity index is 4.91. The number of hydrogen-bond donors (Lipinski definition) is 6. The summed E-state index contributed by atoms with van der Waals surface area (Å²) in [6, 6.07) is 0. The molecule has 0 atom stereocenters. The molecule has 0 heterocycles. The van der Waals surface area contributed by atoms with Crippen molar-refractivity contribution in [2.45, 2.75) is 24.3 Å².